The van der Waals surface area contributed by atoms with Crippen molar-refractivity contribution in [1.29, 1.82) is 0 Å². The molecular weight excluding hydrogens is 438 g/mol. The van der Waals surface area contributed by atoms with Crippen molar-refractivity contribution in [3.8, 4) is 0 Å². The molecule has 0 aliphatic heterocycles. The predicted octanol–water partition coefficient (Wildman–Crippen LogP) is 2.98. The molecule has 2 rings (SSSR count). The monoisotopic (exact) mass is 461 g/mol. The topological polar surface area (TPSA) is 136 Å². The number of ether oxygens (including phenoxy) is 1. The number of esters is 1. The summed E-state index contributed by atoms with van der Waals surface area (Å²) in [5.41, 5.74) is 0.171. The van der Waals surface area contributed by atoms with Gasteiger partial charge < -0.3 is 9.64 Å². The van der Waals surface area contributed by atoms with Crippen molar-refractivity contribution in [2.75, 3.05) is 24.4 Å². The first-order chi connectivity index (χ1) is 15.0. The highest BCUT2D eigenvalue weighted by Gasteiger charge is 2.22. The number of nitrogens with one attached hydrogen (secondary N) is 1. The molecule has 0 radical (unpaired) electrons. The molecule has 0 aliphatic rings. The Bertz CT molecular complexity index is 1150. The quantitative estimate of drug-likeness (QED) is 0.249. The maximum atomic E-state index is 12.7. The van der Waals surface area contributed by atoms with Crippen molar-refractivity contribution in [3.63, 3.8) is 0 Å². The summed E-state index contributed by atoms with van der Waals surface area (Å²) in [6, 6.07) is 10.2. The second kappa shape index (κ2) is 10.5. The van der Waals surface area contributed by atoms with E-state index in [0.29, 0.717) is 13.1 Å². The van der Waals surface area contributed by atoms with Gasteiger partial charge in [0.25, 0.3) is 21.6 Å². The van der Waals surface area contributed by atoms with Gasteiger partial charge in [0.05, 0.1) is 21.1 Å². The Morgan fingerprint density at radius 2 is 1.88 bits per heavy atom. The summed E-state index contributed by atoms with van der Waals surface area (Å²) < 4.78 is 32.7. The highest BCUT2D eigenvalue weighted by Crippen LogP contribution is 2.23. The van der Waals surface area contributed by atoms with E-state index in [-0.39, 0.29) is 16.1 Å². The zero-order valence-electron chi connectivity index (χ0n) is 17.6. The van der Waals surface area contributed by atoms with Crippen molar-refractivity contribution in [1.82, 2.24) is 4.90 Å². The van der Waals surface area contributed by atoms with Gasteiger partial charge in [-0.25, -0.2) is 13.2 Å². The summed E-state index contributed by atoms with van der Waals surface area (Å²) in [5.74, 6) is -1.32. The maximum Gasteiger partial charge on any atom is 0.340 e. The molecule has 32 heavy (non-hydrogen) atoms. The molecule has 170 valence electrons. The Balaban J connectivity index is 2.19. The minimum Gasteiger partial charge on any atom is -0.452 e. The van der Waals surface area contributed by atoms with Crippen molar-refractivity contribution in [3.05, 3.63) is 76.4 Å². The molecule has 11 heteroatoms. The average molecular weight is 461 g/mol. The molecule has 1 amide bonds. The number of carbonyl (C=O) groups excluding carboxylic acids is 2. The number of carbonyl (C=O) groups is 2. The van der Waals surface area contributed by atoms with E-state index in [2.05, 4.69) is 11.3 Å². The number of non-ortho nitro benzene ring substituents is 1. The number of nitrogens with zero attached hydrogens (tertiary/aromatic N) is 2. The number of nitro groups is 1. The average Bonchev–Trinajstić information content (AvgIpc) is 2.75. The molecule has 0 unspecified atom stereocenters. The van der Waals surface area contributed by atoms with Gasteiger partial charge in [0, 0.05) is 25.2 Å². The Morgan fingerprint density at radius 3 is 2.50 bits per heavy atom. The number of anilines is 1. The second-order valence-corrected chi connectivity index (χ2v) is 8.53. The number of rotatable bonds is 10. The van der Waals surface area contributed by atoms with Crippen molar-refractivity contribution >= 4 is 33.3 Å². The van der Waals surface area contributed by atoms with Crippen LogP contribution in [0.5, 0.6) is 0 Å². The third-order valence-corrected chi connectivity index (χ3v) is 5.62. The summed E-state index contributed by atoms with van der Waals surface area (Å²) in [5, 5.41) is 10.9. The van der Waals surface area contributed by atoms with Crippen LogP contribution in [0.3, 0.4) is 0 Å². The molecule has 1 N–H and O–H groups in total. The smallest absolute Gasteiger partial charge is 0.340 e. The first-order valence-electron chi connectivity index (χ1n) is 9.50. The molecule has 0 saturated carbocycles. The van der Waals surface area contributed by atoms with Gasteiger partial charge in [0.1, 0.15) is 0 Å². The van der Waals surface area contributed by atoms with Crippen LogP contribution in [-0.4, -0.2) is 49.8 Å². The second-order valence-electron chi connectivity index (χ2n) is 6.85. The van der Waals surface area contributed by atoms with Crippen LogP contribution in [0.25, 0.3) is 0 Å². The van der Waals surface area contributed by atoms with Gasteiger partial charge in [0.15, 0.2) is 6.61 Å². The van der Waals surface area contributed by atoms with E-state index in [1.54, 1.807) is 13.8 Å². The van der Waals surface area contributed by atoms with Crippen LogP contribution in [0.15, 0.2) is 65.6 Å². The molecule has 0 saturated heterocycles. The summed E-state index contributed by atoms with van der Waals surface area (Å²) in [4.78, 5) is 36.1. The molecule has 0 aliphatic carbocycles. The van der Waals surface area contributed by atoms with Crippen LogP contribution < -0.4 is 4.72 Å². The summed E-state index contributed by atoms with van der Waals surface area (Å²) in [6.07, 6.45) is 0. The van der Waals surface area contributed by atoms with E-state index < -0.39 is 39.1 Å². The lowest BCUT2D eigenvalue weighted by molar-refractivity contribution is -0.385. The molecular formula is C21H23N3O7S. The van der Waals surface area contributed by atoms with E-state index in [0.717, 1.165) is 17.7 Å². The first kappa shape index (κ1) is 24.5. The summed E-state index contributed by atoms with van der Waals surface area (Å²) >= 11 is 0. The van der Waals surface area contributed by atoms with Crippen LogP contribution in [0.4, 0.5) is 11.4 Å². The van der Waals surface area contributed by atoms with Gasteiger partial charge in [0.2, 0.25) is 0 Å². The molecule has 0 aromatic heterocycles. The zero-order chi connectivity index (χ0) is 23.9. The van der Waals surface area contributed by atoms with Gasteiger partial charge in [-0.05, 0) is 32.0 Å². The first-order valence-corrected chi connectivity index (χ1v) is 11.0. The third-order valence-electron chi connectivity index (χ3n) is 4.25. The molecule has 0 spiro atoms. The Kier molecular flexibility index (Phi) is 8.08. The van der Waals surface area contributed by atoms with Gasteiger partial charge in [-0.3, -0.25) is 19.6 Å². The maximum absolute atomic E-state index is 12.7. The number of para-hydroxylation sites is 1. The Hall–Kier alpha value is -3.73. The standard InChI is InChI=1S/C21H23N3O7S/c1-4-23(13-15(2)3)20(25)14-31-21(26)18-10-5-6-11-19(18)22-32(29,30)17-9-7-8-16(12-17)24(27)28/h5-12,22H,2,4,13-14H2,1,3H3. The SMILES string of the molecule is C=C(C)CN(CC)C(=O)COC(=O)c1ccccc1NS(=O)(=O)c1cccc([N+](=O)[O-])c1. The fourth-order valence-electron chi connectivity index (χ4n) is 2.72. The Morgan fingerprint density at radius 1 is 1.19 bits per heavy atom. The minimum atomic E-state index is -4.23. The van der Waals surface area contributed by atoms with Crippen LogP contribution >= 0.6 is 0 Å². The Labute approximate surface area is 185 Å². The number of benzene rings is 2. The zero-order valence-corrected chi connectivity index (χ0v) is 18.4. The normalized spacial score (nSPS) is 10.8. The van der Waals surface area contributed by atoms with Gasteiger partial charge in [-0.2, -0.15) is 0 Å². The number of sulfonamides is 1. The fraction of sp³-hybridized carbons (Fsp3) is 0.238. The van der Waals surface area contributed by atoms with Crippen molar-refractivity contribution in [2.24, 2.45) is 0 Å². The predicted molar refractivity (Wildman–Crippen MR) is 118 cm³/mol. The van der Waals surface area contributed by atoms with Crippen LogP contribution in [0.1, 0.15) is 24.2 Å². The van der Waals surface area contributed by atoms with E-state index in [1.807, 2.05) is 0 Å². The van der Waals surface area contributed by atoms with Gasteiger partial charge in [-0.15, -0.1) is 0 Å². The minimum absolute atomic E-state index is 0.0919. The lowest BCUT2D eigenvalue weighted by Gasteiger charge is -2.20. The van der Waals surface area contributed by atoms with E-state index in [9.17, 15) is 28.1 Å². The van der Waals surface area contributed by atoms with Crippen LogP contribution in [0.2, 0.25) is 0 Å². The molecule has 0 heterocycles. The fourth-order valence-corrected chi connectivity index (χ4v) is 3.84. The summed E-state index contributed by atoms with van der Waals surface area (Å²) in [7, 11) is -4.23. The largest absolute Gasteiger partial charge is 0.452 e. The third kappa shape index (κ3) is 6.38. The number of hydrogen-bond acceptors (Lipinski definition) is 7. The number of amides is 1. The highest BCUT2D eigenvalue weighted by molar-refractivity contribution is 7.92. The van der Waals surface area contributed by atoms with E-state index in [1.165, 1.54) is 41.3 Å². The van der Waals surface area contributed by atoms with Crippen LogP contribution in [0, 0.1) is 10.1 Å². The van der Waals surface area contributed by atoms with E-state index >= 15 is 0 Å². The molecule has 2 aromatic carbocycles. The van der Waals surface area contributed by atoms with E-state index in [4.69, 9.17) is 4.74 Å². The van der Waals surface area contributed by atoms with Crippen molar-refractivity contribution in [2.45, 2.75) is 18.7 Å². The molecule has 0 atom stereocenters. The highest BCUT2D eigenvalue weighted by atomic mass is 32.2. The molecule has 2 aromatic rings. The lowest BCUT2D eigenvalue weighted by atomic mass is 10.2. The van der Waals surface area contributed by atoms with Gasteiger partial charge in [-0.1, -0.05) is 30.4 Å². The van der Waals surface area contributed by atoms with Gasteiger partial charge >= 0.3 is 5.97 Å². The lowest BCUT2D eigenvalue weighted by Crippen LogP contribution is -2.35. The molecule has 0 fully saturated rings. The van der Waals surface area contributed by atoms with Crippen molar-refractivity contribution < 1.29 is 27.7 Å². The molecule has 10 nitrogen and oxygen atoms in total. The van der Waals surface area contributed by atoms with Crippen LogP contribution in [-0.2, 0) is 19.6 Å². The number of hydrogen-bond donors (Lipinski definition) is 1. The number of likely N-dealkylation sites (N-methyl/N-ethyl adjacent to an activating group) is 1. The number of nitro benzene ring substituents is 1. The molecule has 0 bridgehead atoms. The summed E-state index contributed by atoms with van der Waals surface area (Å²) in [6.45, 7) is 7.51.